The van der Waals surface area contributed by atoms with E-state index in [-0.39, 0.29) is 0 Å². The van der Waals surface area contributed by atoms with Crippen molar-refractivity contribution >= 4 is 0 Å². The first kappa shape index (κ1) is 13.9. The predicted octanol–water partition coefficient (Wildman–Crippen LogP) is 2.22. The predicted molar refractivity (Wildman–Crippen MR) is 70.6 cm³/mol. The molecule has 4 nitrogen and oxygen atoms in total. The van der Waals surface area contributed by atoms with Crippen molar-refractivity contribution < 1.29 is 9.47 Å². The van der Waals surface area contributed by atoms with E-state index in [9.17, 15) is 0 Å². The van der Waals surface area contributed by atoms with Gasteiger partial charge in [0.05, 0.1) is 20.3 Å². The van der Waals surface area contributed by atoms with Gasteiger partial charge in [-0.3, -0.25) is 0 Å². The Morgan fingerprint density at radius 3 is 2.44 bits per heavy atom. The van der Waals surface area contributed by atoms with Crippen molar-refractivity contribution in [3.8, 4) is 17.6 Å². The standard InChI is InChI=1S/C14H18N2O2/c1-16(2)10-12(9-15)7-11-5-6-13(17-3)14(8-11)18-4/h5-6,8,10H,7H2,1-4H3. The van der Waals surface area contributed by atoms with Crippen molar-refractivity contribution in [2.75, 3.05) is 28.3 Å². The highest BCUT2D eigenvalue weighted by Crippen LogP contribution is 2.28. The largest absolute Gasteiger partial charge is 0.493 e. The Bertz CT molecular complexity index is 473. The van der Waals surface area contributed by atoms with Gasteiger partial charge in [-0.05, 0) is 17.7 Å². The molecule has 0 unspecified atom stereocenters. The minimum Gasteiger partial charge on any atom is -0.493 e. The third-order valence-corrected chi connectivity index (χ3v) is 2.40. The second-order valence-electron chi connectivity index (χ2n) is 4.10. The van der Waals surface area contributed by atoms with Gasteiger partial charge < -0.3 is 14.4 Å². The van der Waals surface area contributed by atoms with Crippen molar-refractivity contribution in [2.45, 2.75) is 6.42 Å². The van der Waals surface area contributed by atoms with E-state index in [1.807, 2.05) is 43.4 Å². The number of nitrogens with zero attached hydrogens (tertiary/aromatic N) is 2. The lowest BCUT2D eigenvalue weighted by Gasteiger charge is -2.10. The molecule has 96 valence electrons. The van der Waals surface area contributed by atoms with Gasteiger partial charge in [-0.15, -0.1) is 0 Å². The molecule has 0 saturated carbocycles. The number of nitriles is 1. The first-order valence-electron chi connectivity index (χ1n) is 5.58. The summed E-state index contributed by atoms with van der Waals surface area (Å²) in [5, 5.41) is 9.06. The van der Waals surface area contributed by atoms with Crippen LogP contribution in [0.25, 0.3) is 0 Å². The molecule has 0 amide bonds. The molecule has 1 aromatic carbocycles. The molecule has 1 aromatic rings. The highest BCUT2D eigenvalue weighted by Gasteiger charge is 2.06. The van der Waals surface area contributed by atoms with Gasteiger partial charge in [0.1, 0.15) is 0 Å². The van der Waals surface area contributed by atoms with Crippen molar-refractivity contribution in [1.82, 2.24) is 4.90 Å². The molecule has 0 atom stereocenters. The summed E-state index contributed by atoms with van der Waals surface area (Å²) in [4.78, 5) is 1.86. The molecule has 0 fully saturated rings. The maximum absolute atomic E-state index is 9.06. The van der Waals surface area contributed by atoms with E-state index in [0.717, 1.165) is 5.56 Å². The van der Waals surface area contributed by atoms with Gasteiger partial charge in [-0.25, -0.2) is 0 Å². The zero-order valence-corrected chi connectivity index (χ0v) is 11.2. The molecule has 0 radical (unpaired) electrons. The van der Waals surface area contributed by atoms with Gasteiger partial charge in [0.25, 0.3) is 0 Å². The molecule has 0 bridgehead atoms. The molecule has 0 N–H and O–H groups in total. The first-order chi connectivity index (χ1) is 8.60. The summed E-state index contributed by atoms with van der Waals surface area (Å²) < 4.78 is 10.4. The summed E-state index contributed by atoms with van der Waals surface area (Å²) in [6, 6.07) is 7.86. The van der Waals surface area contributed by atoms with Gasteiger partial charge >= 0.3 is 0 Å². The minimum atomic E-state index is 0.578. The molecule has 1 rings (SSSR count). The van der Waals surface area contributed by atoms with Crippen LogP contribution in [0.5, 0.6) is 11.5 Å². The second kappa shape index (κ2) is 6.55. The van der Waals surface area contributed by atoms with Crippen LogP contribution in [-0.4, -0.2) is 33.2 Å². The van der Waals surface area contributed by atoms with Gasteiger partial charge in [-0.1, -0.05) is 6.07 Å². The Balaban J connectivity index is 2.95. The van der Waals surface area contributed by atoms with Crippen molar-refractivity contribution in [3.63, 3.8) is 0 Å². The van der Waals surface area contributed by atoms with Crippen LogP contribution in [0.3, 0.4) is 0 Å². The lowest BCUT2D eigenvalue weighted by Crippen LogP contribution is -2.03. The van der Waals surface area contributed by atoms with Crippen molar-refractivity contribution in [1.29, 1.82) is 5.26 Å². The third-order valence-electron chi connectivity index (χ3n) is 2.40. The fourth-order valence-electron chi connectivity index (χ4n) is 1.64. The van der Waals surface area contributed by atoms with Crippen LogP contribution < -0.4 is 9.47 Å². The van der Waals surface area contributed by atoms with Crippen LogP contribution in [0.15, 0.2) is 30.0 Å². The fourth-order valence-corrected chi connectivity index (χ4v) is 1.64. The normalized spacial score (nSPS) is 10.7. The van der Waals surface area contributed by atoms with Crippen LogP contribution in [0, 0.1) is 11.3 Å². The van der Waals surface area contributed by atoms with E-state index < -0.39 is 0 Å². The van der Waals surface area contributed by atoms with Gasteiger partial charge in [0.2, 0.25) is 0 Å². The molecule has 0 aliphatic carbocycles. The zero-order valence-electron chi connectivity index (χ0n) is 11.2. The average molecular weight is 246 g/mol. The minimum absolute atomic E-state index is 0.578. The lowest BCUT2D eigenvalue weighted by molar-refractivity contribution is 0.354. The number of rotatable bonds is 5. The molecular formula is C14H18N2O2. The van der Waals surface area contributed by atoms with Gasteiger partial charge in [0, 0.05) is 32.3 Å². The highest BCUT2D eigenvalue weighted by atomic mass is 16.5. The Hall–Kier alpha value is -2.15. The summed E-state index contributed by atoms with van der Waals surface area (Å²) in [6.07, 6.45) is 2.39. The van der Waals surface area contributed by atoms with E-state index in [4.69, 9.17) is 14.7 Å². The van der Waals surface area contributed by atoms with Gasteiger partial charge in [0.15, 0.2) is 11.5 Å². The number of methoxy groups -OCH3 is 2. The maximum atomic E-state index is 9.06. The van der Waals surface area contributed by atoms with Crippen molar-refractivity contribution in [3.05, 3.63) is 35.5 Å². The quantitative estimate of drug-likeness (QED) is 0.747. The lowest BCUT2D eigenvalue weighted by atomic mass is 10.1. The smallest absolute Gasteiger partial charge is 0.160 e. The zero-order chi connectivity index (χ0) is 13.5. The molecular weight excluding hydrogens is 228 g/mol. The van der Waals surface area contributed by atoms with Crippen LogP contribution in [0.2, 0.25) is 0 Å². The monoisotopic (exact) mass is 246 g/mol. The van der Waals surface area contributed by atoms with Crippen molar-refractivity contribution in [2.24, 2.45) is 0 Å². The number of allylic oxidation sites excluding steroid dienone is 1. The summed E-state index contributed by atoms with van der Waals surface area (Å²) in [7, 11) is 6.99. The summed E-state index contributed by atoms with van der Waals surface area (Å²) in [5.41, 5.74) is 1.72. The Morgan fingerprint density at radius 2 is 1.94 bits per heavy atom. The number of hydrogen-bond acceptors (Lipinski definition) is 4. The SMILES string of the molecule is COc1ccc(CC(C#N)=CN(C)C)cc1OC. The maximum Gasteiger partial charge on any atom is 0.160 e. The average Bonchev–Trinajstić information content (AvgIpc) is 2.37. The summed E-state index contributed by atoms with van der Waals surface area (Å²) in [5.74, 6) is 1.37. The molecule has 18 heavy (non-hydrogen) atoms. The molecule has 0 heterocycles. The van der Waals surface area contributed by atoms with E-state index in [1.54, 1.807) is 14.2 Å². The molecule has 4 heteroatoms. The molecule has 0 aliphatic heterocycles. The van der Waals surface area contributed by atoms with E-state index >= 15 is 0 Å². The Morgan fingerprint density at radius 1 is 1.28 bits per heavy atom. The van der Waals surface area contributed by atoms with Crippen LogP contribution in [0.4, 0.5) is 0 Å². The van der Waals surface area contributed by atoms with Crippen LogP contribution in [0.1, 0.15) is 5.56 Å². The Labute approximate surface area is 108 Å². The second-order valence-corrected chi connectivity index (χ2v) is 4.10. The molecule has 0 aromatic heterocycles. The number of benzene rings is 1. The fraction of sp³-hybridized carbons (Fsp3) is 0.357. The van der Waals surface area contributed by atoms with E-state index in [0.29, 0.717) is 23.5 Å². The topological polar surface area (TPSA) is 45.5 Å². The first-order valence-corrected chi connectivity index (χ1v) is 5.58. The van der Waals surface area contributed by atoms with Crippen LogP contribution >= 0.6 is 0 Å². The molecule has 0 saturated heterocycles. The summed E-state index contributed by atoms with van der Waals surface area (Å²) in [6.45, 7) is 0. The number of hydrogen-bond donors (Lipinski definition) is 0. The van der Waals surface area contributed by atoms with Crippen LogP contribution in [-0.2, 0) is 6.42 Å². The highest BCUT2D eigenvalue weighted by molar-refractivity contribution is 5.44. The molecule has 0 aliphatic rings. The third kappa shape index (κ3) is 3.70. The Kier molecular flexibility index (Phi) is 5.06. The number of ether oxygens (including phenoxy) is 2. The van der Waals surface area contributed by atoms with E-state index in [2.05, 4.69) is 6.07 Å². The summed E-state index contributed by atoms with van der Waals surface area (Å²) >= 11 is 0. The molecule has 0 spiro atoms. The van der Waals surface area contributed by atoms with E-state index in [1.165, 1.54) is 0 Å². The van der Waals surface area contributed by atoms with Gasteiger partial charge in [-0.2, -0.15) is 5.26 Å².